The molecule has 0 bridgehead atoms. The van der Waals surface area contributed by atoms with Gasteiger partial charge >= 0.3 is 0 Å². The Morgan fingerprint density at radius 1 is 1.07 bits per heavy atom. The van der Waals surface area contributed by atoms with Crippen LogP contribution in [0.4, 0.5) is 0 Å². The molecule has 0 aliphatic carbocycles. The zero-order valence-electron chi connectivity index (χ0n) is 14.5. The molecule has 7 heteroatoms. The van der Waals surface area contributed by atoms with Crippen LogP contribution < -0.4 is 5.32 Å². The molecule has 0 unspecified atom stereocenters. The number of rotatable bonds is 4. The molecule has 140 valence electrons. The van der Waals surface area contributed by atoms with E-state index in [0.717, 1.165) is 5.56 Å². The van der Waals surface area contributed by atoms with Crippen LogP contribution in [0, 0.1) is 0 Å². The normalized spacial score (nSPS) is 14.7. The molecule has 2 amide bonds. The van der Waals surface area contributed by atoms with Crippen LogP contribution in [0.1, 0.15) is 15.9 Å². The van der Waals surface area contributed by atoms with E-state index in [2.05, 4.69) is 21.2 Å². The molecule has 1 heterocycles. The van der Waals surface area contributed by atoms with E-state index < -0.39 is 0 Å². The summed E-state index contributed by atoms with van der Waals surface area (Å²) in [6.07, 6.45) is 1.66. The van der Waals surface area contributed by atoms with Gasteiger partial charge in [0.1, 0.15) is 5.70 Å². The van der Waals surface area contributed by atoms with Crippen LogP contribution in [-0.2, 0) is 9.53 Å². The molecule has 1 N–H and O–H groups in total. The van der Waals surface area contributed by atoms with Gasteiger partial charge in [0, 0.05) is 22.6 Å². The fourth-order valence-corrected chi connectivity index (χ4v) is 3.24. The highest BCUT2D eigenvalue weighted by Crippen LogP contribution is 2.18. The number of nitrogens with zero attached hydrogens (tertiary/aromatic N) is 1. The Morgan fingerprint density at radius 2 is 1.74 bits per heavy atom. The van der Waals surface area contributed by atoms with E-state index >= 15 is 0 Å². The lowest BCUT2D eigenvalue weighted by Gasteiger charge is -2.28. The number of amides is 2. The second-order valence-corrected chi connectivity index (χ2v) is 7.24. The van der Waals surface area contributed by atoms with E-state index in [9.17, 15) is 9.59 Å². The Bertz CT molecular complexity index is 862. The third-order valence-electron chi connectivity index (χ3n) is 4.08. The van der Waals surface area contributed by atoms with Crippen molar-refractivity contribution in [3.05, 3.63) is 74.9 Å². The molecule has 1 aliphatic heterocycles. The van der Waals surface area contributed by atoms with Crippen LogP contribution in [0.15, 0.2) is 58.7 Å². The van der Waals surface area contributed by atoms with E-state index in [1.165, 1.54) is 0 Å². The van der Waals surface area contributed by atoms with Gasteiger partial charge in [0.25, 0.3) is 11.8 Å². The predicted molar refractivity (Wildman–Crippen MR) is 108 cm³/mol. The Hall–Kier alpha value is -2.15. The average Bonchev–Trinajstić information content (AvgIpc) is 2.69. The molecular formula is C20H18BrClN2O3. The Balaban J connectivity index is 1.89. The molecule has 0 spiro atoms. The molecule has 0 saturated carbocycles. The second kappa shape index (κ2) is 9.17. The van der Waals surface area contributed by atoms with Crippen molar-refractivity contribution in [2.75, 3.05) is 26.3 Å². The molecule has 0 aromatic heterocycles. The van der Waals surface area contributed by atoms with Crippen molar-refractivity contribution in [2.24, 2.45) is 0 Å². The van der Waals surface area contributed by atoms with Gasteiger partial charge in [-0.3, -0.25) is 9.59 Å². The van der Waals surface area contributed by atoms with Gasteiger partial charge in [-0.2, -0.15) is 0 Å². The van der Waals surface area contributed by atoms with Crippen LogP contribution in [0.25, 0.3) is 6.08 Å². The molecule has 1 aliphatic rings. The van der Waals surface area contributed by atoms with Crippen LogP contribution in [0.2, 0.25) is 5.02 Å². The zero-order valence-corrected chi connectivity index (χ0v) is 16.8. The van der Waals surface area contributed by atoms with Crippen molar-refractivity contribution in [3.63, 3.8) is 0 Å². The first-order valence-electron chi connectivity index (χ1n) is 8.45. The minimum absolute atomic E-state index is 0.208. The van der Waals surface area contributed by atoms with Gasteiger partial charge in [-0.05, 0) is 51.8 Å². The van der Waals surface area contributed by atoms with Gasteiger partial charge in [-0.15, -0.1) is 0 Å². The summed E-state index contributed by atoms with van der Waals surface area (Å²) in [5.41, 5.74) is 1.43. The lowest BCUT2D eigenvalue weighted by molar-refractivity contribution is -0.131. The molecule has 3 rings (SSSR count). The van der Waals surface area contributed by atoms with E-state index in [4.69, 9.17) is 16.3 Å². The van der Waals surface area contributed by atoms with E-state index in [0.29, 0.717) is 41.4 Å². The SMILES string of the molecule is O=C(N/C(=C/c1ccc(Cl)cc1)C(=O)N1CCOCC1)c1ccccc1Br. The number of carbonyl (C=O) groups is 2. The van der Waals surface area contributed by atoms with Gasteiger partial charge in [-0.25, -0.2) is 0 Å². The Labute approximate surface area is 171 Å². The lowest BCUT2D eigenvalue weighted by Crippen LogP contribution is -2.44. The smallest absolute Gasteiger partial charge is 0.270 e. The number of ether oxygens (including phenoxy) is 1. The highest BCUT2D eigenvalue weighted by Gasteiger charge is 2.23. The fourth-order valence-electron chi connectivity index (χ4n) is 2.65. The summed E-state index contributed by atoms with van der Waals surface area (Å²) in [6, 6.07) is 14.1. The summed E-state index contributed by atoms with van der Waals surface area (Å²) in [4.78, 5) is 27.4. The number of morpholine rings is 1. The summed E-state index contributed by atoms with van der Waals surface area (Å²) in [5, 5.41) is 3.36. The molecular weight excluding hydrogens is 432 g/mol. The first kappa shape index (κ1) is 19.6. The van der Waals surface area contributed by atoms with E-state index in [1.807, 2.05) is 6.07 Å². The topological polar surface area (TPSA) is 58.6 Å². The molecule has 0 atom stereocenters. The monoisotopic (exact) mass is 448 g/mol. The first-order valence-corrected chi connectivity index (χ1v) is 9.62. The number of hydrogen-bond acceptors (Lipinski definition) is 3. The van der Waals surface area contributed by atoms with Gasteiger partial charge in [-0.1, -0.05) is 35.9 Å². The lowest BCUT2D eigenvalue weighted by atomic mass is 10.1. The number of nitrogens with one attached hydrogen (secondary N) is 1. The number of carbonyl (C=O) groups excluding carboxylic acids is 2. The quantitative estimate of drug-likeness (QED) is 0.724. The number of hydrogen-bond donors (Lipinski definition) is 1. The summed E-state index contributed by atoms with van der Waals surface area (Å²) < 4.78 is 5.97. The molecule has 2 aromatic rings. The maximum absolute atomic E-state index is 13.0. The average molecular weight is 450 g/mol. The van der Waals surface area contributed by atoms with Crippen LogP contribution in [0.3, 0.4) is 0 Å². The number of halogens is 2. The molecule has 5 nitrogen and oxygen atoms in total. The number of benzene rings is 2. The van der Waals surface area contributed by atoms with Crippen LogP contribution >= 0.6 is 27.5 Å². The van der Waals surface area contributed by atoms with Gasteiger partial charge in [0.2, 0.25) is 0 Å². The predicted octanol–water partition coefficient (Wildman–Crippen LogP) is 3.73. The highest BCUT2D eigenvalue weighted by atomic mass is 79.9. The molecule has 27 heavy (non-hydrogen) atoms. The molecule has 1 saturated heterocycles. The zero-order chi connectivity index (χ0) is 19.2. The first-order chi connectivity index (χ1) is 13.0. The second-order valence-electron chi connectivity index (χ2n) is 5.95. The van der Waals surface area contributed by atoms with Gasteiger partial charge in [0.15, 0.2) is 0 Å². The third kappa shape index (κ3) is 5.19. The van der Waals surface area contributed by atoms with E-state index in [-0.39, 0.29) is 17.5 Å². The minimum Gasteiger partial charge on any atom is -0.378 e. The van der Waals surface area contributed by atoms with Gasteiger partial charge in [0.05, 0.1) is 18.8 Å². The van der Waals surface area contributed by atoms with Crippen molar-refractivity contribution in [3.8, 4) is 0 Å². The van der Waals surface area contributed by atoms with Crippen molar-refractivity contribution < 1.29 is 14.3 Å². The minimum atomic E-state index is -0.357. The standard InChI is InChI=1S/C20H18BrClN2O3/c21-17-4-2-1-3-16(17)19(25)23-18(13-14-5-7-15(22)8-6-14)20(26)24-9-11-27-12-10-24/h1-8,13H,9-12H2,(H,23,25)/b18-13+. The fraction of sp³-hybridized carbons (Fsp3) is 0.200. The third-order valence-corrected chi connectivity index (χ3v) is 5.02. The Morgan fingerprint density at radius 3 is 2.41 bits per heavy atom. The van der Waals surface area contributed by atoms with Crippen molar-refractivity contribution in [2.45, 2.75) is 0 Å². The maximum atomic E-state index is 13.0. The van der Waals surface area contributed by atoms with Crippen molar-refractivity contribution in [1.82, 2.24) is 10.2 Å². The van der Waals surface area contributed by atoms with E-state index in [1.54, 1.807) is 53.4 Å². The van der Waals surface area contributed by atoms with Crippen molar-refractivity contribution >= 4 is 45.4 Å². The van der Waals surface area contributed by atoms with Gasteiger partial charge < -0.3 is 15.0 Å². The Kier molecular flexibility index (Phi) is 6.66. The summed E-state index contributed by atoms with van der Waals surface area (Å²) in [6.45, 7) is 1.94. The van der Waals surface area contributed by atoms with Crippen LogP contribution in [0.5, 0.6) is 0 Å². The molecule has 2 aromatic carbocycles. The van der Waals surface area contributed by atoms with Crippen molar-refractivity contribution in [1.29, 1.82) is 0 Å². The largest absolute Gasteiger partial charge is 0.378 e. The highest BCUT2D eigenvalue weighted by molar-refractivity contribution is 9.10. The maximum Gasteiger partial charge on any atom is 0.270 e. The summed E-state index contributed by atoms with van der Waals surface area (Å²) >= 11 is 9.30. The summed E-state index contributed by atoms with van der Waals surface area (Å²) in [7, 11) is 0. The summed E-state index contributed by atoms with van der Waals surface area (Å²) in [5.74, 6) is -0.599. The molecule has 0 radical (unpaired) electrons. The molecule has 1 fully saturated rings. The van der Waals surface area contributed by atoms with Crippen LogP contribution in [-0.4, -0.2) is 43.0 Å².